The molecule has 0 amide bonds. The number of benzene rings is 6. The molecule has 0 saturated heterocycles. The van der Waals surface area contributed by atoms with Gasteiger partial charge in [-0.05, 0) is 35.9 Å². The Labute approximate surface area is 420 Å². The van der Waals surface area contributed by atoms with E-state index in [4.69, 9.17) is 23.7 Å². The topological polar surface area (TPSA) is 479 Å². The lowest BCUT2D eigenvalue weighted by Gasteiger charge is -2.43. The van der Waals surface area contributed by atoms with Crippen LogP contribution in [0, 0.1) is 0 Å². The first-order valence-corrected chi connectivity index (χ1v) is 21.9. The second-order valence-corrected chi connectivity index (χ2v) is 17.7. The highest BCUT2D eigenvalue weighted by Gasteiger charge is 2.56. The average Bonchev–Trinajstić information content (AvgIpc) is 3.46. The van der Waals surface area contributed by atoms with E-state index in [1.54, 1.807) is 0 Å². The molecule has 4 aliphatic heterocycles. The highest BCUT2D eigenvalue weighted by Crippen LogP contribution is 2.62. The predicted molar refractivity (Wildman–Crippen MR) is 242 cm³/mol. The zero-order valence-electron chi connectivity index (χ0n) is 37.7. The quantitative estimate of drug-likeness (QED) is 0.0687. The van der Waals surface area contributed by atoms with Gasteiger partial charge >= 0.3 is 23.9 Å². The van der Waals surface area contributed by atoms with Crippen molar-refractivity contribution in [2.24, 2.45) is 0 Å². The van der Waals surface area contributed by atoms with Crippen LogP contribution in [0.4, 0.5) is 0 Å². The number of hydrogen-bond donors (Lipinski definition) is 18. The first-order chi connectivity index (χ1) is 35.8. The lowest BCUT2D eigenvalue weighted by atomic mass is 9.73. The molecule has 76 heavy (non-hydrogen) atoms. The number of carbonyl (C=O) groups excluding carboxylic acids is 4. The Kier molecular flexibility index (Phi) is 11.1. The molecule has 10 rings (SSSR count). The number of aliphatic hydroxyl groups is 2. The maximum Gasteiger partial charge on any atom is 0.339 e. The molecule has 6 aromatic rings. The van der Waals surface area contributed by atoms with Crippen LogP contribution in [0.5, 0.6) is 97.7 Å². The van der Waals surface area contributed by atoms with Gasteiger partial charge in [0.25, 0.3) is 0 Å². The van der Waals surface area contributed by atoms with E-state index < -0.39 is 233 Å². The Balaban J connectivity index is 1.28. The first kappa shape index (κ1) is 49.3. The summed E-state index contributed by atoms with van der Waals surface area (Å²) in [5, 5.41) is 200. The second-order valence-electron chi connectivity index (χ2n) is 17.7. The van der Waals surface area contributed by atoms with Crippen molar-refractivity contribution >= 4 is 23.9 Å². The number of phenols is 16. The second kappa shape index (κ2) is 17.2. The first-order valence-electron chi connectivity index (χ1n) is 21.9. The zero-order chi connectivity index (χ0) is 55.0. The highest BCUT2D eigenvalue weighted by atomic mass is 16.6. The Morgan fingerprint density at radius 2 is 0.882 bits per heavy atom. The van der Waals surface area contributed by atoms with Crippen LogP contribution in [0.2, 0.25) is 0 Å². The Hall–Kier alpha value is -10.3. The summed E-state index contributed by atoms with van der Waals surface area (Å²) in [6.45, 7) is -1.44. The summed E-state index contributed by atoms with van der Waals surface area (Å²) in [4.78, 5) is 58.3. The number of hydrogen-bond acceptors (Lipinski definition) is 27. The van der Waals surface area contributed by atoms with Gasteiger partial charge < -0.3 is 116 Å². The van der Waals surface area contributed by atoms with Crippen LogP contribution in [-0.4, -0.2) is 153 Å². The van der Waals surface area contributed by atoms with Gasteiger partial charge in [-0.1, -0.05) is 6.07 Å². The number of ether oxygens (including phenoxy) is 5. The van der Waals surface area contributed by atoms with Crippen LogP contribution in [0.25, 0.3) is 22.3 Å². The molecule has 27 heteroatoms. The van der Waals surface area contributed by atoms with Crippen LogP contribution in [0.1, 0.15) is 75.7 Å². The van der Waals surface area contributed by atoms with E-state index in [2.05, 4.69) is 0 Å². The molecule has 0 fully saturated rings. The third-order valence-corrected chi connectivity index (χ3v) is 13.4. The number of aromatic hydroxyl groups is 16. The molecule has 2 bridgehead atoms. The standard InChI is InChI=1S/C49H36O27/c50-15-2-1-10(3-17(15)52)41-22(57)4-11-16(51)8-18(53)27(42(11)73-41)30-29-31-28(38(65)40(67)39(29)66)26-14(7-21(56)34(61)37(26)64)48(70)76-45(44(30)75-49(31)71)43-23(58)9-72-46(68)12-5-19(54)32(59)35(62)24(12)25-13(47(69)74-43)6-20(55)33(60)36(25)63/h1-3,5-8,22-23,30,41,43-45,50-67H,4,9H2. The van der Waals surface area contributed by atoms with Crippen LogP contribution < -0.4 is 4.74 Å². The third kappa shape index (κ3) is 7.11. The van der Waals surface area contributed by atoms with Crippen molar-refractivity contribution in [1.29, 1.82) is 0 Å². The van der Waals surface area contributed by atoms with Gasteiger partial charge in [0.2, 0.25) is 23.0 Å². The molecule has 0 spiro atoms. The van der Waals surface area contributed by atoms with Crippen molar-refractivity contribution in [3.8, 4) is 120 Å². The van der Waals surface area contributed by atoms with Crippen LogP contribution in [-0.2, 0) is 25.4 Å². The summed E-state index contributed by atoms with van der Waals surface area (Å²) in [6, 6.07) is 5.02. The minimum atomic E-state index is -2.77. The largest absolute Gasteiger partial charge is 0.507 e. The van der Waals surface area contributed by atoms with Crippen molar-refractivity contribution in [2.75, 3.05) is 6.61 Å². The molecular weight excluding hydrogens is 1020 g/mol. The van der Waals surface area contributed by atoms with Crippen molar-refractivity contribution in [3.05, 3.63) is 87.0 Å². The van der Waals surface area contributed by atoms with E-state index in [1.807, 2.05) is 0 Å². The van der Waals surface area contributed by atoms with Crippen molar-refractivity contribution in [3.63, 3.8) is 0 Å². The van der Waals surface area contributed by atoms with Crippen LogP contribution in [0.3, 0.4) is 0 Å². The SMILES string of the molecule is O=C1OCC(O)C(C2OC(=O)c3cc(O)c(O)c(O)c3-c3c(O)c(O)c(O)c4c3C(=O)OC2C4c2c(O)cc(O)c3c2OC(c2ccc(O)c(O)c2)C(O)C3)OC(=O)c2cc(O)c(O)c(O)c2-c2c1cc(O)c(O)c2O. The summed E-state index contributed by atoms with van der Waals surface area (Å²) >= 11 is 0. The average molecular weight is 1060 g/mol. The van der Waals surface area contributed by atoms with Gasteiger partial charge in [-0.2, -0.15) is 0 Å². The molecule has 0 aliphatic carbocycles. The summed E-state index contributed by atoms with van der Waals surface area (Å²) in [6.07, 6.45) is -14.6. The molecular formula is C49H36O27. The maximum atomic E-state index is 14.8. The van der Waals surface area contributed by atoms with Gasteiger partial charge in [-0.25, -0.2) is 19.2 Å². The monoisotopic (exact) mass is 1060 g/mol. The van der Waals surface area contributed by atoms with E-state index in [0.717, 1.165) is 12.1 Å². The maximum absolute atomic E-state index is 14.8. The van der Waals surface area contributed by atoms with Crippen LogP contribution >= 0.6 is 0 Å². The molecule has 0 aromatic heterocycles. The van der Waals surface area contributed by atoms with Gasteiger partial charge in [0.1, 0.15) is 36.1 Å². The summed E-state index contributed by atoms with van der Waals surface area (Å²) in [5.74, 6) is -30.6. The number of carbonyl (C=O) groups is 4. The molecule has 6 aromatic carbocycles. The predicted octanol–water partition coefficient (Wildman–Crippen LogP) is 2.31. The smallest absolute Gasteiger partial charge is 0.339 e. The molecule has 4 heterocycles. The fourth-order valence-electron chi connectivity index (χ4n) is 9.89. The Morgan fingerprint density at radius 1 is 0.382 bits per heavy atom. The number of aliphatic hydroxyl groups excluding tert-OH is 2. The number of fused-ring (bicyclic) bond motifs is 8. The molecule has 27 nitrogen and oxygen atoms in total. The minimum absolute atomic E-state index is 0.0770. The van der Waals surface area contributed by atoms with Crippen molar-refractivity contribution in [1.82, 2.24) is 0 Å². The Bertz CT molecular complexity index is 3600. The molecule has 0 saturated carbocycles. The normalized spacial score (nSPS) is 21.7. The molecule has 4 aliphatic rings. The number of phenolic OH excluding ortho intramolecular Hbond substituents is 16. The van der Waals surface area contributed by atoms with E-state index in [1.165, 1.54) is 6.07 Å². The van der Waals surface area contributed by atoms with Gasteiger partial charge in [-0.3, -0.25) is 0 Å². The number of esters is 4. The van der Waals surface area contributed by atoms with E-state index in [-0.39, 0.29) is 11.1 Å². The Morgan fingerprint density at radius 3 is 1.43 bits per heavy atom. The molecule has 0 radical (unpaired) electrons. The molecule has 394 valence electrons. The van der Waals surface area contributed by atoms with Gasteiger partial charge in [0.05, 0.1) is 34.3 Å². The van der Waals surface area contributed by atoms with Crippen molar-refractivity contribution < 1.29 is 135 Å². The fourth-order valence-corrected chi connectivity index (χ4v) is 9.89. The zero-order valence-corrected chi connectivity index (χ0v) is 37.7. The van der Waals surface area contributed by atoms with Crippen LogP contribution in [0.15, 0.2) is 42.5 Å². The lowest BCUT2D eigenvalue weighted by Crippen LogP contribution is -2.55. The molecule has 7 unspecified atom stereocenters. The van der Waals surface area contributed by atoms with Gasteiger partial charge in [0, 0.05) is 51.4 Å². The highest BCUT2D eigenvalue weighted by molar-refractivity contribution is 6.11. The summed E-state index contributed by atoms with van der Waals surface area (Å²) in [7, 11) is 0. The van der Waals surface area contributed by atoms with Gasteiger partial charge in [-0.15, -0.1) is 0 Å². The van der Waals surface area contributed by atoms with E-state index in [9.17, 15) is 111 Å². The summed E-state index contributed by atoms with van der Waals surface area (Å²) in [5.41, 5.74) is -11.2. The minimum Gasteiger partial charge on any atom is -0.507 e. The third-order valence-electron chi connectivity index (χ3n) is 13.4. The van der Waals surface area contributed by atoms with Gasteiger partial charge in [0.15, 0.2) is 75.8 Å². The molecule has 18 N–H and O–H groups in total. The summed E-state index contributed by atoms with van der Waals surface area (Å²) < 4.78 is 29.1. The van der Waals surface area contributed by atoms with Crippen molar-refractivity contribution in [2.45, 2.75) is 49.0 Å². The number of cyclic esters (lactones) is 3. The van der Waals surface area contributed by atoms with E-state index >= 15 is 0 Å². The number of rotatable bonds is 3. The lowest BCUT2D eigenvalue weighted by molar-refractivity contribution is -0.133. The van der Waals surface area contributed by atoms with E-state index in [0.29, 0.717) is 24.3 Å². The molecule has 7 atom stereocenters. The fraction of sp³-hybridized carbons (Fsp3) is 0.184.